The van der Waals surface area contributed by atoms with Crippen molar-refractivity contribution in [2.24, 2.45) is 5.92 Å². The predicted molar refractivity (Wildman–Crippen MR) is 77.6 cm³/mol. The highest BCUT2D eigenvalue weighted by atomic mass is 16.5. The van der Waals surface area contributed by atoms with Gasteiger partial charge in [0.2, 0.25) is 0 Å². The lowest BCUT2D eigenvalue weighted by Gasteiger charge is -2.13. The summed E-state index contributed by atoms with van der Waals surface area (Å²) >= 11 is 0. The molecule has 1 aliphatic rings. The molecule has 0 amide bonds. The third kappa shape index (κ3) is 2.99. The number of benzene rings is 1. The van der Waals surface area contributed by atoms with Gasteiger partial charge in [0.1, 0.15) is 5.75 Å². The van der Waals surface area contributed by atoms with Crippen molar-refractivity contribution in [1.82, 2.24) is 4.98 Å². The van der Waals surface area contributed by atoms with Gasteiger partial charge in [0.05, 0.1) is 13.2 Å². The van der Waals surface area contributed by atoms with Gasteiger partial charge in [-0.3, -0.25) is 4.98 Å². The zero-order valence-corrected chi connectivity index (χ0v) is 11.5. The topological polar surface area (TPSA) is 42.4 Å². The number of ether oxygens (including phenoxy) is 1. The van der Waals surface area contributed by atoms with Gasteiger partial charge in [-0.15, -0.1) is 0 Å². The number of para-hydroxylation sites is 1. The lowest BCUT2D eigenvalue weighted by atomic mass is 9.92. The molecule has 0 bridgehead atoms. The monoisotopic (exact) mass is 269 g/mol. The minimum atomic E-state index is 0.0755. The van der Waals surface area contributed by atoms with Crippen LogP contribution in [-0.2, 0) is 19.4 Å². The number of rotatable bonds is 3. The lowest BCUT2D eigenvalue weighted by Crippen LogP contribution is -2.10. The molecule has 104 valence electrons. The van der Waals surface area contributed by atoms with Crippen LogP contribution >= 0.6 is 0 Å². The molecule has 1 aliphatic heterocycles. The van der Waals surface area contributed by atoms with Gasteiger partial charge in [0, 0.05) is 11.9 Å². The summed E-state index contributed by atoms with van der Waals surface area (Å²) in [5.41, 5.74) is 3.27. The first-order chi connectivity index (χ1) is 9.85. The summed E-state index contributed by atoms with van der Waals surface area (Å²) in [5, 5.41) is 9.20. The van der Waals surface area contributed by atoms with E-state index in [0.29, 0.717) is 5.92 Å². The van der Waals surface area contributed by atoms with Gasteiger partial charge >= 0.3 is 0 Å². The van der Waals surface area contributed by atoms with E-state index in [9.17, 15) is 5.11 Å². The Morgan fingerprint density at radius 2 is 2.15 bits per heavy atom. The van der Waals surface area contributed by atoms with Crippen LogP contribution < -0.4 is 4.74 Å². The van der Waals surface area contributed by atoms with E-state index in [-0.39, 0.29) is 6.61 Å². The fraction of sp³-hybridized carbons (Fsp3) is 0.353. The van der Waals surface area contributed by atoms with E-state index in [1.165, 1.54) is 5.56 Å². The molecule has 0 fully saturated rings. The number of nitrogens with zero attached hydrogens (tertiary/aromatic N) is 1. The van der Waals surface area contributed by atoms with E-state index in [0.717, 1.165) is 42.9 Å². The molecular formula is C17H19NO2. The second kappa shape index (κ2) is 6.06. The molecule has 0 aliphatic carbocycles. The number of aliphatic hydroxyl groups excluding tert-OH is 1. The summed E-state index contributed by atoms with van der Waals surface area (Å²) in [6.45, 7) is 0.841. The standard InChI is InChI=1S/C17H19NO2/c19-12-14-5-7-18-16(11-14)10-13-6-8-20-17-4-2-1-3-15(17)9-13/h1-5,7,11,13,19H,6,8-10,12H2/t13-/m0/s1. The summed E-state index contributed by atoms with van der Waals surface area (Å²) in [7, 11) is 0. The lowest BCUT2D eigenvalue weighted by molar-refractivity contribution is 0.281. The molecule has 2 heterocycles. The number of hydrogen-bond acceptors (Lipinski definition) is 3. The first kappa shape index (κ1) is 13.1. The van der Waals surface area contributed by atoms with Crippen LogP contribution in [0, 0.1) is 5.92 Å². The van der Waals surface area contributed by atoms with Gasteiger partial charge in [-0.05, 0) is 54.5 Å². The Labute approximate surface area is 119 Å². The van der Waals surface area contributed by atoms with E-state index < -0.39 is 0 Å². The summed E-state index contributed by atoms with van der Waals surface area (Å²) in [5.74, 6) is 1.56. The van der Waals surface area contributed by atoms with Crippen molar-refractivity contribution >= 4 is 0 Å². The second-order valence-electron chi connectivity index (χ2n) is 5.33. The first-order valence-corrected chi connectivity index (χ1v) is 7.10. The molecule has 3 rings (SSSR count). The summed E-state index contributed by atoms with van der Waals surface area (Å²) in [6, 6.07) is 12.1. The van der Waals surface area contributed by atoms with Gasteiger partial charge < -0.3 is 9.84 Å². The van der Waals surface area contributed by atoms with Crippen LogP contribution in [0.15, 0.2) is 42.6 Å². The molecule has 3 nitrogen and oxygen atoms in total. The van der Waals surface area contributed by atoms with E-state index in [1.807, 2.05) is 24.3 Å². The Hall–Kier alpha value is -1.87. The first-order valence-electron chi connectivity index (χ1n) is 7.10. The molecule has 0 spiro atoms. The molecule has 1 aromatic carbocycles. The van der Waals surface area contributed by atoms with Crippen molar-refractivity contribution in [2.45, 2.75) is 25.9 Å². The number of hydrogen-bond donors (Lipinski definition) is 1. The van der Waals surface area contributed by atoms with Crippen molar-refractivity contribution in [1.29, 1.82) is 0 Å². The minimum absolute atomic E-state index is 0.0755. The maximum absolute atomic E-state index is 9.20. The van der Waals surface area contributed by atoms with Crippen molar-refractivity contribution < 1.29 is 9.84 Å². The van der Waals surface area contributed by atoms with E-state index >= 15 is 0 Å². The van der Waals surface area contributed by atoms with Gasteiger partial charge in [0.25, 0.3) is 0 Å². The predicted octanol–water partition coefficient (Wildman–Crippen LogP) is 2.76. The highest BCUT2D eigenvalue weighted by molar-refractivity contribution is 5.34. The minimum Gasteiger partial charge on any atom is -0.493 e. The summed E-state index contributed by atoms with van der Waals surface area (Å²) in [6.07, 6.45) is 4.79. The third-order valence-electron chi connectivity index (χ3n) is 3.83. The van der Waals surface area contributed by atoms with E-state index in [2.05, 4.69) is 17.1 Å². The van der Waals surface area contributed by atoms with Crippen molar-refractivity contribution in [3.05, 3.63) is 59.4 Å². The highest BCUT2D eigenvalue weighted by Gasteiger charge is 2.18. The third-order valence-corrected chi connectivity index (χ3v) is 3.83. The molecule has 0 saturated heterocycles. The quantitative estimate of drug-likeness (QED) is 0.931. The van der Waals surface area contributed by atoms with Gasteiger partial charge in [-0.25, -0.2) is 0 Å². The smallest absolute Gasteiger partial charge is 0.122 e. The normalized spacial score (nSPS) is 17.9. The molecule has 1 N–H and O–H groups in total. The van der Waals surface area contributed by atoms with Crippen molar-refractivity contribution in [2.75, 3.05) is 6.61 Å². The van der Waals surface area contributed by atoms with E-state index in [1.54, 1.807) is 6.20 Å². The largest absolute Gasteiger partial charge is 0.493 e. The number of pyridine rings is 1. The summed E-state index contributed by atoms with van der Waals surface area (Å²) < 4.78 is 5.80. The zero-order valence-electron chi connectivity index (χ0n) is 11.5. The molecule has 20 heavy (non-hydrogen) atoms. The fourth-order valence-corrected chi connectivity index (χ4v) is 2.77. The van der Waals surface area contributed by atoms with Crippen LogP contribution in [-0.4, -0.2) is 16.7 Å². The van der Waals surface area contributed by atoms with E-state index in [4.69, 9.17) is 4.74 Å². The maximum Gasteiger partial charge on any atom is 0.122 e. The van der Waals surface area contributed by atoms with Crippen LogP contribution in [0.5, 0.6) is 5.75 Å². The highest BCUT2D eigenvalue weighted by Crippen LogP contribution is 2.28. The van der Waals surface area contributed by atoms with Gasteiger partial charge in [0.15, 0.2) is 0 Å². The molecule has 1 atom stereocenters. The van der Waals surface area contributed by atoms with Crippen LogP contribution in [0.4, 0.5) is 0 Å². The van der Waals surface area contributed by atoms with Crippen LogP contribution in [0.2, 0.25) is 0 Å². The Bertz CT molecular complexity index is 583. The maximum atomic E-state index is 9.20. The Morgan fingerprint density at radius 1 is 1.25 bits per heavy atom. The SMILES string of the molecule is OCc1ccnc(C[C@H]2CCOc3ccccc3C2)c1. The Morgan fingerprint density at radius 3 is 3.05 bits per heavy atom. The van der Waals surface area contributed by atoms with Crippen LogP contribution in [0.1, 0.15) is 23.2 Å². The molecule has 0 radical (unpaired) electrons. The molecule has 0 unspecified atom stereocenters. The molecule has 3 heteroatoms. The molecule has 2 aromatic rings. The average Bonchev–Trinajstić information content (AvgIpc) is 2.69. The fourth-order valence-electron chi connectivity index (χ4n) is 2.77. The molecular weight excluding hydrogens is 250 g/mol. The van der Waals surface area contributed by atoms with Crippen LogP contribution in [0.3, 0.4) is 0 Å². The Balaban J connectivity index is 1.74. The zero-order chi connectivity index (χ0) is 13.8. The number of aliphatic hydroxyl groups is 1. The average molecular weight is 269 g/mol. The number of fused-ring (bicyclic) bond motifs is 1. The second-order valence-corrected chi connectivity index (χ2v) is 5.33. The van der Waals surface area contributed by atoms with Gasteiger partial charge in [-0.2, -0.15) is 0 Å². The molecule has 1 aromatic heterocycles. The molecule has 0 saturated carbocycles. The Kier molecular flexibility index (Phi) is 3.97. The van der Waals surface area contributed by atoms with Crippen LogP contribution in [0.25, 0.3) is 0 Å². The van der Waals surface area contributed by atoms with Crippen molar-refractivity contribution in [3.63, 3.8) is 0 Å². The van der Waals surface area contributed by atoms with Gasteiger partial charge in [-0.1, -0.05) is 18.2 Å². The van der Waals surface area contributed by atoms with Crippen molar-refractivity contribution in [3.8, 4) is 5.75 Å². The summed E-state index contributed by atoms with van der Waals surface area (Å²) in [4.78, 5) is 4.42. The number of aromatic nitrogens is 1.